The maximum Gasteiger partial charge on any atom is 0.340 e. The van der Waals surface area contributed by atoms with Crippen molar-refractivity contribution < 1.29 is 14.3 Å². The molecule has 0 aromatic heterocycles. The van der Waals surface area contributed by atoms with Crippen molar-refractivity contribution in [1.29, 1.82) is 0 Å². The highest BCUT2D eigenvalue weighted by molar-refractivity contribution is 6.30. The minimum Gasteiger partial charge on any atom is -0.462 e. The van der Waals surface area contributed by atoms with Crippen LogP contribution < -0.4 is 4.90 Å². The van der Waals surface area contributed by atoms with E-state index in [-0.39, 0.29) is 18.1 Å². The molecule has 2 aromatic carbocycles. The number of esters is 1. The van der Waals surface area contributed by atoms with Crippen molar-refractivity contribution in [2.24, 2.45) is 0 Å². The quantitative estimate of drug-likeness (QED) is 0.585. The highest BCUT2D eigenvalue weighted by Crippen LogP contribution is 2.35. The lowest BCUT2D eigenvalue weighted by Gasteiger charge is -2.17. The molecule has 0 aliphatic carbocycles. The molecule has 0 saturated carbocycles. The fourth-order valence-electron chi connectivity index (χ4n) is 2.89. The fourth-order valence-corrected chi connectivity index (χ4v) is 3.02. The van der Waals surface area contributed by atoms with E-state index in [9.17, 15) is 9.59 Å². The third-order valence-electron chi connectivity index (χ3n) is 4.08. The van der Waals surface area contributed by atoms with Crippen LogP contribution in [0.15, 0.2) is 71.4 Å². The Kier molecular flexibility index (Phi) is 5.24. The van der Waals surface area contributed by atoms with Gasteiger partial charge in [-0.3, -0.25) is 9.69 Å². The highest BCUT2D eigenvalue weighted by Gasteiger charge is 2.37. The molecule has 26 heavy (non-hydrogen) atoms. The highest BCUT2D eigenvalue weighted by atomic mass is 35.5. The smallest absolute Gasteiger partial charge is 0.340 e. The number of carbonyl (C=O) groups excluding carboxylic acids is 2. The Morgan fingerprint density at radius 2 is 1.77 bits per heavy atom. The average molecular weight is 368 g/mol. The standard InChI is InChI=1S/C21H18ClNO3/c1-3-26-21(25)19-14(2)23(17-7-5-4-6-8-17)20(24)18(19)13-15-9-11-16(22)12-10-15/h4-13H,3H2,1-2H3/b18-13+. The maximum atomic E-state index is 13.1. The molecule has 5 heteroatoms. The van der Waals surface area contributed by atoms with Crippen molar-refractivity contribution in [3.05, 3.63) is 82.0 Å². The number of ether oxygens (including phenoxy) is 1. The molecule has 1 aliphatic rings. The van der Waals surface area contributed by atoms with E-state index in [1.165, 1.54) is 4.90 Å². The summed E-state index contributed by atoms with van der Waals surface area (Å²) in [6.07, 6.45) is 1.69. The summed E-state index contributed by atoms with van der Waals surface area (Å²) in [6, 6.07) is 16.3. The number of hydrogen-bond acceptors (Lipinski definition) is 3. The van der Waals surface area contributed by atoms with Crippen LogP contribution in [-0.2, 0) is 14.3 Å². The second-order valence-electron chi connectivity index (χ2n) is 5.77. The van der Waals surface area contributed by atoms with E-state index in [0.29, 0.717) is 22.0 Å². The van der Waals surface area contributed by atoms with Crippen molar-refractivity contribution >= 4 is 35.2 Å². The van der Waals surface area contributed by atoms with Crippen LogP contribution in [0.1, 0.15) is 19.4 Å². The van der Waals surface area contributed by atoms with Gasteiger partial charge in [-0.2, -0.15) is 0 Å². The van der Waals surface area contributed by atoms with Gasteiger partial charge in [-0.05, 0) is 49.8 Å². The van der Waals surface area contributed by atoms with Gasteiger partial charge in [0.2, 0.25) is 0 Å². The number of anilines is 1. The lowest BCUT2D eigenvalue weighted by atomic mass is 10.0. The zero-order valence-corrected chi connectivity index (χ0v) is 15.3. The summed E-state index contributed by atoms with van der Waals surface area (Å²) in [5.41, 5.74) is 2.64. The van der Waals surface area contributed by atoms with Crippen LogP contribution in [0.2, 0.25) is 5.02 Å². The monoisotopic (exact) mass is 367 g/mol. The minimum absolute atomic E-state index is 0.239. The Bertz CT molecular complexity index is 899. The molecule has 0 radical (unpaired) electrons. The molecular weight excluding hydrogens is 350 g/mol. The molecular formula is C21H18ClNO3. The number of nitrogens with zero attached hydrogens (tertiary/aromatic N) is 1. The molecule has 0 bridgehead atoms. The van der Waals surface area contributed by atoms with Crippen molar-refractivity contribution in [3.8, 4) is 0 Å². The van der Waals surface area contributed by atoms with Crippen LogP contribution >= 0.6 is 11.6 Å². The fraction of sp³-hybridized carbons (Fsp3) is 0.143. The van der Waals surface area contributed by atoms with Crippen LogP contribution in [-0.4, -0.2) is 18.5 Å². The molecule has 0 saturated heterocycles. The van der Waals surface area contributed by atoms with Gasteiger partial charge >= 0.3 is 5.97 Å². The largest absolute Gasteiger partial charge is 0.462 e. The number of amides is 1. The van der Waals surface area contributed by atoms with Gasteiger partial charge in [0, 0.05) is 16.4 Å². The Labute approximate surface area is 157 Å². The Morgan fingerprint density at radius 1 is 1.12 bits per heavy atom. The van der Waals surface area contributed by atoms with Crippen molar-refractivity contribution in [1.82, 2.24) is 0 Å². The van der Waals surface area contributed by atoms with Crippen LogP contribution in [0, 0.1) is 0 Å². The first-order valence-corrected chi connectivity index (χ1v) is 8.66. The lowest BCUT2D eigenvalue weighted by Crippen LogP contribution is -2.24. The van der Waals surface area contributed by atoms with Gasteiger partial charge in [0.05, 0.1) is 17.8 Å². The first-order valence-electron chi connectivity index (χ1n) is 8.28. The zero-order valence-electron chi connectivity index (χ0n) is 14.5. The summed E-state index contributed by atoms with van der Waals surface area (Å²) in [4.78, 5) is 27.1. The second kappa shape index (κ2) is 7.58. The van der Waals surface area contributed by atoms with Crippen LogP contribution in [0.5, 0.6) is 0 Å². The summed E-state index contributed by atoms with van der Waals surface area (Å²) in [6.45, 7) is 3.73. The molecule has 1 aliphatic heterocycles. The second-order valence-corrected chi connectivity index (χ2v) is 6.20. The lowest BCUT2D eigenvalue weighted by molar-refractivity contribution is -0.138. The minimum atomic E-state index is -0.503. The Morgan fingerprint density at radius 3 is 2.38 bits per heavy atom. The molecule has 0 atom stereocenters. The summed E-state index contributed by atoms with van der Waals surface area (Å²) in [7, 11) is 0. The van der Waals surface area contributed by atoms with Gasteiger partial charge < -0.3 is 4.74 Å². The van der Waals surface area contributed by atoms with Crippen LogP contribution in [0.4, 0.5) is 5.69 Å². The molecule has 0 unspecified atom stereocenters. The maximum absolute atomic E-state index is 13.1. The predicted octanol–water partition coefficient (Wildman–Crippen LogP) is 4.61. The molecule has 0 spiro atoms. The van der Waals surface area contributed by atoms with Crippen molar-refractivity contribution in [2.45, 2.75) is 13.8 Å². The Hall–Kier alpha value is -2.85. The normalized spacial score (nSPS) is 15.7. The molecule has 4 nitrogen and oxygen atoms in total. The van der Waals surface area contributed by atoms with Gasteiger partial charge in [0.1, 0.15) is 0 Å². The number of rotatable bonds is 4. The van der Waals surface area contributed by atoms with E-state index < -0.39 is 5.97 Å². The summed E-state index contributed by atoms with van der Waals surface area (Å²) in [5, 5.41) is 0.605. The number of para-hydroxylation sites is 1. The summed E-state index contributed by atoms with van der Waals surface area (Å²) < 4.78 is 5.18. The third-order valence-corrected chi connectivity index (χ3v) is 4.33. The topological polar surface area (TPSA) is 46.6 Å². The molecule has 0 N–H and O–H groups in total. The van der Waals surface area contributed by atoms with Gasteiger partial charge in [0.15, 0.2) is 0 Å². The number of halogens is 1. The van der Waals surface area contributed by atoms with Gasteiger partial charge in [0.25, 0.3) is 5.91 Å². The van der Waals surface area contributed by atoms with E-state index in [2.05, 4.69) is 0 Å². The number of allylic oxidation sites excluding steroid dienone is 1. The van der Waals surface area contributed by atoms with E-state index in [0.717, 1.165) is 5.56 Å². The third kappa shape index (κ3) is 3.41. The van der Waals surface area contributed by atoms with Crippen LogP contribution in [0.25, 0.3) is 6.08 Å². The van der Waals surface area contributed by atoms with E-state index >= 15 is 0 Å². The first-order chi connectivity index (χ1) is 12.5. The number of benzene rings is 2. The summed E-state index contributed by atoms with van der Waals surface area (Å²) >= 11 is 5.92. The van der Waals surface area contributed by atoms with Gasteiger partial charge in [-0.25, -0.2) is 4.79 Å². The molecule has 1 amide bonds. The summed E-state index contributed by atoms with van der Waals surface area (Å²) in [5.74, 6) is -0.760. The van der Waals surface area contributed by atoms with E-state index in [1.807, 2.05) is 30.3 Å². The van der Waals surface area contributed by atoms with Crippen molar-refractivity contribution in [3.63, 3.8) is 0 Å². The average Bonchev–Trinajstić information content (AvgIpc) is 2.88. The SMILES string of the molecule is CCOC(=O)C1=C(C)N(c2ccccc2)C(=O)/C1=C/c1ccc(Cl)cc1. The molecule has 1 heterocycles. The van der Waals surface area contributed by atoms with E-state index in [4.69, 9.17) is 16.3 Å². The predicted molar refractivity (Wildman–Crippen MR) is 103 cm³/mol. The number of hydrogen-bond donors (Lipinski definition) is 0. The molecule has 3 rings (SSSR count). The van der Waals surface area contributed by atoms with Crippen LogP contribution in [0.3, 0.4) is 0 Å². The molecule has 2 aromatic rings. The Balaban J connectivity index is 2.11. The number of carbonyl (C=O) groups is 2. The van der Waals surface area contributed by atoms with Crippen molar-refractivity contribution in [2.75, 3.05) is 11.5 Å². The van der Waals surface area contributed by atoms with Gasteiger partial charge in [-0.15, -0.1) is 0 Å². The zero-order chi connectivity index (χ0) is 18.7. The first kappa shape index (κ1) is 18.0. The van der Waals surface area contributed by atoms with E-state index in [1.54, 1.807) is 44.2 Å². The molecule has 0 fully saturated rings. The van der Waals surface area contributed by atoms with Gasteiger partial charge in [-0.1, -0.05) is 41.9 Å². The molecule has 132 valence electrons.